The second-order valence-corrected chi connectivity index (χ2v) is 5.79. The summed E-state index contributed by atoms with van der Waals surface area (Å²) in [6.07, 6.45) is 7.31. The van der Waals surface area contributed by atoms with E-state index in [1.54, 1.807) is 0 Å². The SMILES string of the molecule is CCc1nc(CC)n(CCNC2CCC(C)CC2)n1. The summed E-state index contributed by atoms with van der Waals surface area (Å²) >= 11 is 0. The normalized spacial score (nSPS) is 23.7. The summed E-state index contributed by atoms with van der Waals surface area (Å²) in [5.41, 5.74) is 0. The molecule has 1 saturated carbocycles. The van der Waals surface area contributed by atoms with Gasteiger partial charge in [-0.15, -0.1) is 0 Å². The van der Waals surface area contributed by atoms with Gasteiger partial charge >= 0.3 is 0 Å². The van der Waals surface area contributed by atoms with Gasteiger partial charge in [0.25, 0.3) is 0 Å². The lowest BCUT2D eigenvalue weighted by molar-refractivity contribution is 0.303. The van der Waals surface area contributed by atoms with Gasteiger partial charge < -0.3 is 5.32 Å². The molecule has 0 atom stereocenters. The Labute approximate surface area is 117 Å². The molecule has 0 amide bonds. The molecule has 0 aliphatic heterocycles. The fraction of sp³-hybridized carbons (Fsp3) is 0.867. The van der Waals surface area contributed by atoms with Crippen molar-refractivity contribution >= 4 is 0 Å². The molecular formula is C15H28N4. The van der Waals surface area contributed by atoms with E-state index in [2.05, 4.69) is 40.9 Å². The Morgan fingerprint density at radius 2 is 1.89 bits per heavy atom. The number of nitrogens with one attached hydrogen (secondary N) is 1. The molecule has 0 unspecified atom stereocenters. The second kappa shape index (κ2) is 7.04. The summed E-state index contributed by atoms with van der Waals surface area (Å²) in [7, 11) is 0. The number of hydrogen-bond donors (Lipinski definition) is 1. The van der Waals surface area contributed by atoms with Crippen LogP contribution < -0.4 is 5.32 Å². The van der Waals surface area contributed by atoms with Gasteiger partial charge in [-0.1, -0.05) is 20.8 Å². The molecule has 2 rings (SSSR count). The summed E-state index contributed by atoms with van der Waals surface area (Å²) in [6, 6.07) is 0.718. The predicted molar refractivity (Wildman–Crippen MR) is 78.2 cm³/mol. The first kappa shape index (κ1) is 14.5. The summed E-state index contributed by atoms with van der Waals surface area (Å²) in [5, 5.41) is 8.24. The Morgan fingerprint density at radius 3 is 2.53 bits per heavy atom. The molecule has 0 spiro atoms. The number of aryl methyl sites for hydroxylation is 2. The summed E-state index contributed by atoms with van der Waals surface area (Å²) in [5.74, 6) is 3.02. The molecule has 1 aromatic heterocycles. The van der Waals surface area contributed by atoms with Crippen LogP contribution >= 0.6 is 0 Å². The molecule has 0 bridgehead atoms. The third kappa shape index (κ3) is 4.03. The molecule has 1 heterocycles. The van der Waals surface area contributed by atoms with E-state index in [4.69, 9.17) is 0 Å². The van der Waals surface area contributed by atoms with Crippen molar-refractivity contribution < 1.29 is 0 Å². The zero-order valence-corrected chi connectivity index (χ0v) is 12.7. The number of aromatic nitrogens is 3. The number of nitrogens with zero attached hydrogens (tertiary/aromatic N) is 3. The molecule has 0 saturated heterocycles. The second-order valence-electron chi connectivity index (χ2n) is 5.79. The summed E-state index contributed by atoms with van der Waals surface area (Å²) < 4.78 is 2.08. The third-order valence-corrected chi connectivity index (χ3v) is 4.20. The average Bonchev–Trinajstić information content (AvgIpc) is 2.83. The summed E-state index contributed by atoms with van der Waals surface area (Å²) in [4.78, 5) is 4.55. The summed E-state index contributed by atoms with van der Waals surface area (Å²) in [6.45, 7) is 8.59. The highest BCUT2D eigenvalue weighted by Crippen LogP contribution is 2.23. The van der Waals surface area contributed by atoms with Crippen LogP contribution in [0.15, 0.2) is 0 Å². The first-order chi connectivity index (χ1) is 9.22. The molecular weight excluding hydrogens is 236 g/mol. The van der Waals surface area contributed by atoms with E-state index in [0.717, 1.165) is 49.5 Å². The fourth-order valence-electron chi connectivity index (χ4n) is 2.86. The maximum Gasteiger partial charge on any atom is 0.150 e. The number of hydrogen-bond acceptors (Lipinski definition) is 3. The molecule has 1 fully saturated rings. The van der Waals surface area contributed by atoms with Crippen LogP contribution in [0.2, 0.25) is 0 Å². The Balaban J connectivity index is 1.77. The van der Waals surface area contributed by atoms with Gasteiger partial charge in [-0.2, -0.15) is 5.10 Å². The van der Waals surface area contributed by atoms with E-state index in [9.17, 15) is 0 Å². The lowest BCUT2D eigenvalue weighted by Gasteiger charge is -2.27. The molecule has 4 heteroatoms. The van der Waals surface area contributed by atoms with Gasteiger partial charge in [-0.05, 0) is 31.6 Å². The van der Waals surface area contributed by atoms with Crippen molar-refractivity contribution in [3.63, 3.8) is 0 Å². The van der Waals surface area contributed by atoms with Crippen molar-refractivity contribution in [2.24, 2.45) is 5.92 Å². The Hall–Kier alpha value is -0.900. The highest BCUT2D eigenvalue weighted by molar-refractivity contribution is 4.92. The molecule has 4 nitrogen and oxygen atoms in total. The fourth-order valence-corrected chi connectivity index (χ4v) is 2.86. The zero-order chi connectivity index (χ0) is 13.7. The van der Waals surface area contributed by atoms with E-state index >= 15 is 0 Å². The first-order valence-corrected chi connectivity index (χ1v) is 7.88. The zero-order valence-electron chi connectivity index (χ0n) is 12.7. The molecule has 19 heavy (non-hydrogen) atoms. The first-order valence-electron chi connectivity index (χ1n) is 7.88. The van der Waals surface area contributed by atoms with Crippen LogP contribution in [0.4, 0.5) is 0 Å². The van der Waals surface area contributed by atoms with Gasteiger partial charge in [0.05, 0.1) is 6.54 Å². The van der Waals surface area contributed by atoms with Gasteiger partial charge in [0, 0.05) is 25.4 Å². The maximum atomic E-state index is 4.56. The molecule has 1 aliphatic carbocycles. The van der Waals surface area contributed by atoms with E-state index in [-0.39, 0.29) is 0 Å². The van der Waals surface area contributed by atoms with Crippen molar-refractivity contribution in [3.8, 4) is 0 Å². The van der Waals surface area contributed by atoms with E-state index in [1.807, 2.05) is 0 Å². The van der Waals surface area contributed by atoms with Crippen molar-refractivity contribution in [2.75, 3.05) is 6.54 Å². The predicted octanol–water partition coefficient (Wildman–Crippen LogP) is 2.57. The maximum absolute atomic E-state index is 4.56. The highest BCUT2D eigenvalue weighted by Gasteiger charge is 2.17. The van der Waals surface area contributed by atoms with Crippen molar-refractivity contribution in [1.82, 2.24) is 20.1 Å². The highest BCUT2D eigenvalue weighted by atomic mass is 15.3. The van der Waals surface area contributed by atoms with E-state index in [0.29, 0.717) is 0 Å². The van der Waals surface area contributed by atoms with Crippen molar-refractivity contribution in [2.45, 2.75) is 71.9 Å². The van der Waals surface area contributed by atoms with E-state index < -0.39 is 0 Å². The molecule has 108 valence electrons. The van der Waals surface area contributed by atoms with Crippen LogP contribution in [0.25, 0.3) is 0 Å². The van der Waals surface area contributed by atoms with Gasteiger partial charge in [-0.3, -0.25) is 0 Å². The monoisotopic (exact) mass is 264 g/mol. The molecule has 1 N–H and O–H groups in total. The minimum absolute atomic E-state index is 0.718. The van der Waals surface area contributed by atoms with Crippen LogP contribution in [0.1, 0.15) is 58.1 Å². The topological polar surface area (TPSA) is 42.7 Å². The largest absolute Gasteiger partial charge is 0.312 e. The Morgan fingerprint density at radius 1 is 1.16 bits per heavy atom. The van der Waals surface area contributed by atoms with E-state index in [1.165, 1.54) is 25.7 Å². The van der Waals surface area contributed by atoms with Gasteiger partial charge in [-0.25, -0.2) is 9.67 Å². The van der Waals surface area contributed by atoms with Crippen LogP contribution in [0.5, 0.6) is 0 Å². The van der Waals surface area contributed by atoms with Crippen LogP contribution in [-0.4, -0.2) is 27.4 Å². The van der Waals surface area contributed by atoms with Crippen LogP contribution in [0.3, 0.4) is 0 Å². The molecule has 0 radical (unpaired) electrons. The van der Waals surface area contributed by atoms with Gasteiger partial charge in [0.2, 0.25) is 0 Å². The van der Waals surface area contributed by atoms with Crippen LogP contribution in [0, 0.1) is 5.92 Å². The van der Waals surface area contributed by atoms with Crippen molar-refractivity contribution in [1.29, 1.82) is 0 Å². The lowest BCUT2D eigenvalue weighted by atomic mass is 9.87. The minimum Gasteiger partial charge on any atom is -0.312 e. The Bertz CT molecular complexity index is 377. The quantitative estimate of drug-likeness (QED) is 0.858. The molecule has 1 aromatic rings. The molecule has 1 aliphatic rings. The van der Waals surface area contributed by atoms with Gasteiger partial charge in [0.1, 0.15) is 5.82 Å². The minimum atomic E-state index is 0.718. The third-order valence-electron chi connectivity index (χ3n) is 4.20. The van der Waals surface area contributed by atoms with Gasteiger partial charge in [0.15, 0.2) is 5.82 Å². The Kier molecular flexibility index (Phi) is 5.37. The molecule has 0 aromatic carbocycles. The standard InChI is InChI=1S/C15H28N4/c1-4-14-17-15(5-2)19(18-14)11-10-16-13-8-6-12(3)7-9-13/h12-13,16H,4-11H2,1-3H3. The van der Waals surface area contributed by atoms with Crippen molar-refractivity contribution in [3.05, 3.63) is 11.6 Å². The lowest BCUT2D eigenvalue weighted by Crippen LogP contribution is -2.35. The van der Waals surface area contributed by atoms with Crippen LogP contribution in [-0.2, 0) is 19.4 Å². The average molecular weight is 264 g/mol. The number of rotatable bonds is 6. The smallest absolute Gasteiger partial charge is 0.150 e.